The summed E-state index contributed by atoms with van der Waals surface area (Å²) in [6.07, 6.45) is 0. The highest BCUT2D eigenvalue weighted by molar-refractivity contribution is 6.30. The van der Waals surface area contributed by atoms with Crippen LogP contribution in [-0.2, 0) is 0 Å². The molecule has 0 fully saturated rings. The highest BCUT2D eigenvalue weighted by atomic mass is 16.3. The standard InChI is InChI=1S/C46H26O2/c1-2-13-28-27(12-1)24-25-30-29(28)20-11-21-32(30)42-33-15-3-5-17-35(33)43(36-18-6-4-16-34(36)42)39-26-38-31-14-7-9-22-40(31)47-45(38)44-37-19-8-10-23-41(37)48-46(39)44/h1-26H. The van der Waals surface area contributed by atoms with E-state index in [0.717, 1.165) is 49.4 Å². The second kappa shape index (κ2) is 9.57. The van der Waals surface area contributed by atoms with E-state index in [4.69, 9.17) is 8.83 Å². The van der Waals surface area contributed by atoms with Crippen LogP contribution in [0.25, 0.3) is 109 Å². The zero-order chi connectivity index (χ0) is 31.3. The fourth-order valence-corrected chi connectivity index (χ4v) is 8.22. The minimum absolute atomic E-state index is 0.849. The molecule has 0 aliphatic rings. The van der Waals surface area contributed by atoms with E-state index in [-0.39, 0.29) is 0 Å². The van der Waals surface area contributed by atoms with Gasteiger partial charge in [0.25, 0.3) is 0 Å². The van der Waals surface area contributed by atoms with Gasteiger partial charge in [0.1, 0.15) is 22.3 Å². The van der Waals surface area contributed by atoms with E-state index >= 15 is 0 Å². The highest BCUT2D eigenvalue weighted by Crippen LogP contribution is 2.50. The zero-order valence-corrected chi connectivity index (χ0v) is 25.8. The molecule has 2 aromatic heterocycles. The first-order valence-corrected chi connectivity index (χ1v) is 16.4. The summed E-state index contributed by atoms with van der Waals surface area (Å²) >= 11 is 0. The summed E-state index contributed by atoms with van der Waals surface area (Å²) in [6.45, 7) is 0. The topological polar surface area (TPSA) is 26.3 Å². The summed E-state index contributed by atoms with van der Waals surface area (Å²) in [5, 5.41) is 14.1. The molecular formula is C46H26O2. The van der Waals surface area contributed by atoms with Gasteiger partial charge in [0.05, 0.1) is 5.39 Å². The van der Waals surface area contributed by atoms with Gasteiger partial charge in [0, 0.05) is 27.3 Å². The average molecular weight is 611 g/mol. The lowest BCUT2D eigenvalue weighted by molar-refractivity contribution is 0.663. The van der Waals surface area contributed by atoms with Crippen molar-refractivity contribution in [3.8, 4) is 22.3 Å². The lowest BCUT2D eigenvalue weighted by Gasteiger charge is -2.19. The van der Waals surface area contributed by atoms with Crippen molar-refractivity contribution in [3.05, 3.63) is 158 Å². The van der Waals surface area contributed by atoms with Crippen molar-refractivity contribution in [1.82, 2.24) is 0 Å². The summed E-state index contributed by atoms with van der Waals surface area (Å²) in [4.78, 5) is 0. The maximum absolute atomic E-state index is 6.79. The highest BCUT2D eigenvalue weighted by Gasteiger charge is 2.24. The average Bonchev–Trinajstić information content (AvgIpc) is 3.72. The Bertz CT molecular complexity index is 3060. The van der Waals surface area contributed by atoms with Crippen LogP contribution in [0.3, 0.4) is 0 Å². The van der Waals surface area contributed by atoms with Gasteiger partial charge in [-0.05, 0) is 72.4 Å². The van der Waals surface area contributed by atoms with Gasteiger partial charge in [0.15, 0.2) is 0 Å². The minimum atomic E-state index is 0.849. The molecule has 0 amide bonds. The lowest BCUT2D eigenvalue weighted by Crippen LogP contribution is -1.92. The molecule has 2 heteroatoms. The normalized spacial score (nSPS) is 12.2. The van der Waals surface area contributed by atoms with Crippen LogP contribution in [0.2, 0.25) is 0 Å². The van der Waals surface area contributed by atoms with Gasteiger partial charge < -0.3 is 8.83 Å². The molecule has 0 saturated heterocycles. The molecule has 0 aliphatic heterocycles. The van der Waals surface area contributed by atoms with Crippen LogP contribution in [0.5, 0.6) is 0 Å². The molecule has 0 spiro atoms. The van der Waals surface area contributed by atoms with E-state index in [0.29, 0.717) is 0 Å². The number of para-hydroxylation sites is 2. The Morgan fingerprint density at radius 1 is 0.292 bits per heavy atom. The number of hydrogen-bond donors (Lipinski definition) is 0. The van der Waals surface area contributed by atoms with Crippen LogP contribution in [0.4, 0.5) is 0 Å². The van der Waals surface area contributed by atoms with Gasteiger partial charge in [-0.3, -0.25) is 0 Å². The molecule has 11 rings (SSSR count). The van der Waals surface area contributed by atoms with Crippen LogP contribution in [0, 0.1) is 0 Å². The Morgan fingerprint density at radius 3 is 1.52 bits per heavy atom. The second-order valence-electron chi connectivity index (χ2n) is 12.7. The second-order valence-corrected chi connectivity index (χ2v) is 12.7. The molecule has 11 aromatic rings. The number of rotatable bonds is 2. The van der Waals surface area contributed by atoms with E-state index in [2.05, 4.69) is 146 Å². The molecule has 2 nitrogen and oxygen atoms in total. The Balaban J connectivity index is 1.33. The van der Waals surface area contributed by atoms with E-state index < -0.39 is 0 Å². The van der Waals surface area contributed by atoms with Crippen molar-refractivity contribution < 1.29 is 8.83 Å². The van der Waals surface area contributed by atoms with Crippen LogP contribution in [0.15, 0.2) is 167 Å². The van der Waals surface area contributed by atoms with Gasteiger partial charge in [-0.2, -0.15) is 0 Å². The van der Waals surface area contributed by atoms with Crippen molar-refractivity contribution in [3.63, 3.8) is 0 Å². The van der Waals surface area contributed by atoms with Crippen molar-refractivity contribution >= 4 is 87.0 Å². The molecule has 0 bridgehead atoms. The summed E-state index contributed by atoms with van der Waals surface area (Å²) in [7, 11) is 0. The first kappa shape index (κ1) is 25.8. The van der Waals surface area contributed by atoms with E-state index in [9.17, 15) is 0 Å². The molecule has 0 aliphatic carbocycles. The third kappa shape index (κ3) is 3.41. The zero-order valence-electron chi connectivity index (χ0n) is 25.8. The van der Waals surface area contributed by atoms with Gasteiger partial charge in [-0.1, -0.05) is 140 Å². The van der Waals surface area contributed by atoms with Gasteiger partial charge in [-0.25, -0.2) is 0 Å². The number of benzene rings is 9. The van der Waals surface area contributed by atoms with Gasteiger partial charge in [0.2, 0.25) is 0 Å². The maximum atomic E-state index is 6.79. The minimum Gasteiger partial charge on any atom is -0.455 e. The first-order chi connectivity index (χ1) is 23.8. The fraction of sp³-hybridized carbons (Fsp3) is 0. The summed E-state index contributed by atoms with van der Waals surface area (Å²) in [6, 6.07) is 56.6. The Hall–Kier alpha value is -6.38. The molecular weight excluding hydrogens is 585 g/mol. The largest absolute Gasteiger partial charge is 0.455 e. The van der Waals surface area contributed by atoms with Gasteiger partial charge >= 0.3 is 0 Å². The number of fused-ring (bicyclic) bond motifs is 12. The third-order valence-corrected chi connectivity index (χ3v) is 10.2. The predicted molar refractivity (Wildman–Crippen MR) is 202 cm³/mol. The van der Waals surface area contributed by atoms with E-state index in [1.54, 1.807) is 0 Å². The predicted octanol–water partition coefficient (Wildman–Crippen LogP) is 13.4. The molecule has 222 valence electrons. The monoisotopic (exact) mass is 610 g/mol. The van der Waals surface area contributed by atoms with Crippen molar-refractivity contribution in [2.75, 3.05) is 0 Å². The fourth-order valence-electron chi connectivity index (χ4n) is 8.22. The Morgan fingerprint density at radius 2 is 0.812 bits per heavy atom. The summed E-state index contributed by atoms with van der Waals surface area (Å²) in [5.41, 5.74) is 8.19. The molecule has 0 saturated carbocycles. The molecule has 0 unspecified atom stereocenters. The molecule has 48 heavy (non-hydrogen) atoms. The molecule has 9 aromatic carbocycles. The smallest absolute Gasteiger partial charge is 0.147 e. The maximum Gasteiger partial charge on any atom is 0.147 e. The molecule has 2 heterocycles. The van der Waals surface area contributed by atoms with Crippen LogP contribution >= 0.6 is 0 Å². The van der Waals surface area contributed by atoms with E-state index in [1.807, 2.05) is 12.1 Å². The van der Waals surface area contributed by atoms with Gasteiger partial charge in [-0.15, -0.1) is 0 Å². The first-order valence-electron chi connectivity index (χ1n) is 16.4. The van der Waals surface area contributed by atoms with Crippen molar-refractivity contribution in [2.45, 2.75) is 0 Å². The van der Waals surface area contributed by atoms with Crippen LogP contribution in [0.1, 0.15) is 0 Å². The number of hydrogen-bond acceptors (Lipinski definition) is 2. The van der Waals surface area contributed by atoms with Crippen molar-refractivity contribution in [2.24, 2.45) is 0 Å². The summed E-state index contributed by atoms with van der Waals surface area (Å²) < 4.78 is 13.4. The molecule has 0 N–H and O–H groups in total. The van der Waals surface area contributed by atoms with E-state index in [1.165, 1.54) is 59.8 Å². The quantitative estimate of drug-likeness (QED) is 0.144. The molecule has 0 radical (unpaired) electrons. The number of furan rings is 2. The van der Waals surface area contributed by atoms with Crippen molar-refractivity contribution in [1.29, 1.82) is 0 Å². The van der Waals surface area contributed by atoms with Crippen LogP contribution < -0.4 is 0 Å². The summed E-state index contributed by atoms with van der Waals surface area (Å²) in [5.74, 6) is 0. The molecule has 0 atom stereocenters. The Kier molecular flexibility index (Phi) is 5.14. The Labute approximate surface area is 275 Å². The SMILES string of the molecule is c1ccc2c(c1)ccc1c(-c3c4ccccc4c(-c4cc5c6ccccc6oc5c5c4oc4ccccc45)c4ccccc34)cccc12. The third-order valence-electron chi connectivity index (χ3n) is 10.2. The lowest BCUT2D eigenvalue weighted by atomic mass is 9.84. The van der Waals surface area contributed by atoms with Crippen LogP contribution in [-0.4, -0.2) is 0 Å².